The van der Waals surface area contributed by atoms with E-state index in [2.05, 4.69) is 26.2 Å². The number of rotatable bonds is 9. The maximum absolute atomic E-state index is 12.4. The summed E-state index contributed by atoms with van der Waals surface area (Å²) in [6.07, 6.45) is 1.70. The Morgan fingerprint density at radius 2 is 1.81 bits per heavy atom. The van der Waals surface area contributed by atoms with Gasteiger partial charge in [0.15, 0.2) is 23.3 Å². The Morgan fingerprint density at radius 1 is 1.12 bits per heavy atom. The van der Waals surface area contributed by atoms with Gasteiger partial charge in [-0.25, -0.2) is 9.79 Å². The molecular weight excluding hydrogens is 500 g/mol. The number of halogens is 1. The summed E-state index contributed by atoms with van der Waals surface area (Å²) in [7, 11) is 0. The van der Waals surface area contributed by atoms with Crippen molar-refractivity contribution in [2.24, 2.45) is 4.99 Å². The number of benzene rings is 2. The molecule has 2 N–H and O–H groups in total. The van der Waals surface area contributed by atoms with Crippen LogP contribution in [0.4, 0.5) is 5.69 Å². The lowest BCUT2D eigenvalue weighted by Gasteiger charge is -2.13. The van der Waals surface area contributed by atoms with E-state index in [0.29, 0.717) is 50.5 Å². The summed E-state index contributed by atoms with van der Waals surface area (Å²) in [6.45, 7) is 4.19. The number of amides is 1. The molecule has 1 aliphatic rings. The van der Waals surface area contributed by atoms with Crippen LogP contribution in [-0.4, -0.2) is 42.0 Å². The highest BCUT2D eigenvalue weighted by Crippen LogP contribution is 2.37. The van der Waals surface area contributed by atoms with Crippen molar-refractivity contribution in [1.82, 2.24) is 5.32 Å². The van der Waals surface area contributed by atoms with Gasteiger partial charge in [0.2, 0.25) is 0 Å². The number of aliphatic carboxylic acids is 1. The van der Waals surface area contributed by atoms with Crippen LogP contribution in [0.1, 0.15) is 19.4 Å². The molecule has 0 atom stereocenters. The molecule has 0 aliphatic carbocycles. The van der Waals surface area contributed by atoms with E-state index in [9.17, 15) is 9.59 Å². The van der Waals surface area contributed by atoms with E-state index in [1.165, 1.54) is 11.8 Å². The first-order chi connectivity index (χ1) is 15.4. The normalized spacial score (nSPS) is 15.7. The maximum Gasteiger partial charge on any atom is 0.341 e. The van der Waals surface area contributed by atoms with E-state index in [0.717, 1.165) is 5.75 Å². The molecule has 1 saturated heterocycles. The molecule has 1 amide bonds. The predicted octanol–water partition coefficient (Wildman–Crippen LogP) is 4.60. The number of carbonyl (C=O) groups is 2. The highest BCUT2D eigenvalue weighted by molar-refractivity contribution is 9.10. The van der Waals surface area contributed by atoms with Crippen molar-refractivity contribution in [1.29, 1.82) is 0 Å². The van der Waals surface area contributed by atoms with Crippen molar-refractivity contribution in [3.05, 3.63) is 51.3 Å². The maximum atomic E-state index is 12.4. The van der Waals surface area contributed by atoms with E-state index in [1.54, 1.807) is 18.2 Å². The van der Waals surface area contributed by atoms with Crippen molar-refractivity contribution in [2.75, 3.05) is 19.8 Å². The van der Waals surface area contributed by atoms with Crippen molar-refractivity contribution in [3.8, 4) is 17.2 Å². The molecule has 10 heteroatoms. The van der Waals surface area contributed by atoms with E-state index in [1.807, 2.05) is 38.1 Å². The number of hydrogen-bond donors (Lipinski definition) is 2. The molecule has 8 nitrogen and oxygen atoms in total. The molecule has 168 valence electrons. The fourth-order valence-electron chi connectivity index (χ4n) is 2.70. The van der Waals surface area contributed by atoms with Crippen LogP contribution >= 0.6 is 27.7 Å². The smallest absolute Gasteiger partial charge is 0.341 e. The number of amidine groups is 1. The van der Waals surface area contributed by atoms with E-state index in [4.69, 9.17) is 19.3 Å². The molecule has 0 radical (unpaired) electrons. The Hall–Kier alpha value is -2.98. The van der Waals surface area contributed by atoms with Gasteiger partial charge < -0.3 is 24.6 Å². The van der Waals surface area contributed by atoms with E-state index in [-0.39, 0.29) is 5.91 Å². The van der Waals surface area contributed by atoms with Crippen molar-refractivity contribution < 1.29 is 28.9 Å². The first kappa shape index (κ1) is 23.7. The molecule has 1 aliphatic heterocycles. The minimum Gasteiger partial charge on any atom is -0.494 e. The van der Waals surface area contributed by atoms with Crippen LogP contribution in [0.25, 0.3) is 6.08 Å². The van der Waals surface area contributed by atoms with Crippen molar-refractivity contribution in [3.63, 3.8) is 0 Å². The number of carboxylic acid groups (broad SMARTS) is 1. The zero-order valence-electron chi connectivity index (χ0n) is 17.4. The summed E-state index contributed by atoms with van der Waals surface area (Å²) < 4.78 is 16.9. The second-order valence-corrected chi connectivity index (χ2v) is 8.23. The second kappa shape index (κ2) is 11.1. The standard InChI is InChI=1S/C22H21BrN2O6S/c1-3-29-15-7-5-14(6-8-15)24-22-25-21(28)19(32-22)10-13-9-17(30-4-2)18(11-16(13)23)31-12-20(26)27/h5-11H,3-4,12H2,1-2H3,(H,26,27)(H,24,25,28)/b19-10+. The monoisotopic (exact) mass is 520 g/mol. The first-order valence-electron chi connectivity index (χ1n) is 9.73. The van der Waals surface area contributed by atoms with Gasteiger partial charge in [-0.3, -0.25) is 4.79 Å². The lowest BCUT2D eigenvalue weighted by atomic mass is 10.2. The van der Waals surface area contributed by atoms with Crippen LogP contribution in [0.2, 0.25) is 0 Å². The Labute approximate surface area is 197 Å². The quantitative estimate of drug-likeness (QED) is 0.465. The van der Waals surface area contributed by atoms with Crippen LogP contribution in [0.5, 0.6) is 17.2 Å². The third-order valence-corrected chi connectivity index (χ3v) is 5.63. The Bertz CT molecular complexity index is 1070. The predicted molar refractivity (Wildman–Crippen MR) is 127 cm³/mol. The Balaban J connectivity index is 1.82. The molecule has 3 rings (SSSR count). The number of carboxylic acids is 1. The average Bonchev–Trinajstić information content (AvgIpc) is 3.09. The van der Waals surface area contributed by atoms with Gasteiger partial charge in [0.25, 0.3) is 5.91 Å². The molecule has 1 heterocycles. The largest absolute Gasteiger partial charge is 0.494 e. The van der Waals surface area contributed by atoms with E-state index < -0.39 is 12.6 Å². The fraction of sp³-hybridized carbons (Fsp3) is 0.227. The molecule has 2 aromatic carbocycles. The number of nitrogens with one attached hydrogen (secondary N) is 1. The molecular formula is C22H21BrN2O6S. The summed E-state index contributed by atoms with van der Waals surface area (Å²) in [5.41, 5.74) is 1.37. The molecule has 0 bridgehead atoms. The number of hydrogen-bond acceptors (Lipinski definition) is 7. The molecule has 2 aromatic rings. The van der Waals surface area contributed by atoms with Gasteiger partial charge in [-0.1, -0.05) is 15.9 Å². The van der Waals surface area contributed by atoms with Gasteiger partial charge in [-0.15, -0.1) is 0 Å². The lowest BCUT2D eigenvalue weighted by Crippen LogP contribution is -2.19. The van der Waals surface area contributed by atoms with Gasteiger partial charge >= 0.3 is 5.97 Å². The topological polar surface area (TPSA) is 106 Å². The molecule has 0 aromatic heterocycles. The fourth-order valence-corrected chi connectivity index (χ4v) is 3.97. The second-order valence-electron chi connectivity index (χ2n) is 6.34. The SMILES string of the molecule is CCOc1ccc(N=C2NC(=O)/C(=C\c3cc(OCC)c(OCC(=O)O)cc3Br)S2)cc1. The minimum atomic E-state index is -1.09. The summed E-state index contributed by atoms with van der Waals surface area (Å²) in [5, 5.41) is 12.1. The average molecular weight is 521 g/mol. The minimum absolute atomic E-state index is 0.268. The Morgan fingerprint density at radius 3 is 2.47 bits per heavy atom. The van der Waals surface area contributed by atoms with E-state index >= 15 is 0 Å². The van der Waals surface area contributed by atoms with Crippen LogP contribution in [0.3, 0.4) is 0 Å². The van der Waals surface area contributed by atoms with Crippen LogP contribution in [0.15, 0.2) is 50.8 Å². The summed E-state index contributed by atoms with van der Waals surface area (Å²) in [4.78, 5) is 28.2. The van der Waals surface area contributed by atoms with Gasteiger partial charge in [-0.2, -0.15) is 0 Å². The van der Waals surface area contributed by atoms with Gasteiger partial charge in [0.05, 0.1) is 23.8 Å². The molecule has 32 heavy (non-hydrogen) atoms. The lowest BCUT2D eigenvalue weighted by molar-refractivity contribution is -0.139. The van der Waals surface area contributed by atoms with Crippen molar-refractivity contribution in [2.45, 2.75) is 13.8 Å². The van der Waals surface area contributed by atoms with Gasteiger partial charge in [0, 0.05) is 4.47 Å². The van der Waals surface area contributed by atoms with Crippen molar-refractivity contribution >= 4 is 56.5 Å². The third-order valence-electron chi connectivity index (χ3n) is 4.03. The Kier molecular flexibility index (Phi) is 8.18. The number of ether oxygens (including phenoxy) is 3. The highest BCUT2D eigenvalue weighted by atomic mass is 79.9. The van der Waals surface area contributed by atoms with Crippen LogP contribution in [0, 0.1) is 0 Å². The number of aliphatic imine (C=N–C) groups is 1. The third kappa shape index (κ3) is 6.27. The van der Waals surface area contributed by atoms with Gasteiger partial charge in [0.1, 0.15) is 5.75 Å². The number of nitrogens with zero attached hydrogens (tertiary/aromatic N) is 1. The zero-order valence-corrected chi connectivity index (χ0v) is 19.8. The first-order valence-corrected chi connectivity index (χ1v) is 11.3. The molecule has 1 fully saturated rings. The number of thioether (sulfide) groups is 1. The highest BCUT2D eigenvalue weighted by Gasteiger charge is 2.24. The molecule has 0 saturated carbocycles. The molecule has 0 unspecified atom stereocenters. The zero-order chi connectivity index (χ0) is 23.1. The summed E-state index contributed by atoms with van der Waals surface area (Å²) in [5.74, 6) is 0.0785. The van der Waals surface area contributed by atoms with Gasteiger partial charge in [-0.05, 0) is 73.6 Å². The summed E-state index contributed by atoms with van der Waals surface area (Å²) >= 11 is 4.66. The van der Waals surface area contributed by atoms with Crippen LogP contribution in [-0.2, 0) is 9.59 Å². The summed E-state index contributed by atoms with van der Waals surface area (Å²) in [6, 6.07) is 10.6. The van der Waals surface area contributed by atoms with Crippen LogP contribution < -0.4 is 19.5 Å². The number of carbonyl (C=O) groups excluding carboxylic acids is 1. The molecule has 0 spiro atoms.